The molecule has 3 heterocycles. The van der Waals surface area contributed by atoms with Crippen LogP contribution in [0.5, 0.6) is 11.5 Å². The molecule has 33 heavy (non-hydrogen) atoms. The first-order valence-corrected chi connectivity index (χ1v) is 12.1. The monoisotopic (exact) mass is 451 g/mol. The molecule has 2 bridgehead atoms. The summed E-state index contributed by atoms with van der Waals surface area (Å²) < 4.78 is 12.4. The second kappa shape index (κ2) is 6.76. The molecule has 4 aliphatic rings. The Bertz CT molecular complexity index is 1170. The van der Waals surface area contributed by atoms with E-state index in [4.69, 9.17) is 9.47 Å². The lowest BCUT2D eigenvalue weighted by molar-refractivity contribution is -0.167. The van der Waals surface area contributed by atoms with Crippen molar-refractivity contribution in [2.75, 3.05) is 33.8 Å². The number of likely N-dealkylation sites (tertiary alicyclic amines) is 1. The van der Waals surface area contributed by atoms with E-state index in [9.17, 15) is 9.90 Å². The Balaban J connectivity index is 1.60. The summed E-state index contributed by atoms with van der Waals surface area (Å²) in [6.45, 7) is 8.21. The average molecular weight is 452 g/mol. The summed E-state index contributed by atoms with van der Waals surface area (Å²) in [6, 6.07) is 4.12. The van der Waals surface area contributed by atoms with E-state index in [1.807, 2.05) is 31.7 Å². The van der Waals surface area contributed by atoms with Gasteiger partial charge in [0.25, 0.3) is 5.91 Å². The maximum Gasteiger partial charge on any atom is 0.270 e. The molecule has 2 aliphatic carbocycles. The number of hydrogen-bond donors (Lipinski definition) is 2. The number of ether oxygens (including phenoxy) is 2. The zero-order valence-electron chi connectivity index (χ0n) is 20.1. The molecule has 6 rings (SSSR count). The highest BCUT2D eigenvalue weighted by atomic mass is 16.5. The third-order valence-electron chi connectivity index (χ3n) is 9.07. The second-order valence-electron chi connectivity index (χ2n) is 10.1. The standard InChI is InChI=1S/C26H33N3O4/c1-6-29(7-2)24(30)20-14(3)16-13-26(31)18-12-15-8-9-17(32-5)22-19(15)25(26,10-11-28(18)4)23(33-22)21(16)27-20/h8-9,18,23,27,31H,6-7,10-13H2,1-5H3/t18-,23-,25-,26+/m0/s1. The minimum Gasteiger partial charge on any atom is -0.493 e. The van der Waals surface area contributed by atoms with Crippen molar-refractivity contribution in [3.8, 4) is 11.5 Å². The maximum atomic E-state index is 13.3. The number of hydrogen-bond acceptors (Lipinski definition) is 5. The van der Waals surface area contributed by atoms with Gasteiger partial charge in [-0.3, -0.25) is 4.79 Å². The topological polar surface area (TPSA) is 78.0 Å². The third kappa shape index (κ3) is 2.30. The van der Waals surface area contributed by atoms with Gasteiger partial charge in [-0.15, -0.1) is 0 Å². The summed E-state index contributed by atoms with van der Waals surface area (Å²) in [5.74, 6) is 1.48. The van der Waals surface area contributed by atoms with Crippen molar-refractivity contribution < 1.29 is 19.4 Å². The van der Waals surface area contributed by atoms with Gasteiger partial charge in [0.05, 0.1) is 23.8 Å². The number of likely N-dealkylation sites (N-methyl/N-ethyl adjacent to an activating group) is 1. The number of nitrogens with zero attached hydrogens (tertiary/aromatic N) is 2. The molecule has 1 aromatic heterocycles. The number of carbonyl (C=O) groups is 1. The van der Waals surface area contributed by atoms with Crippen LogP contribution in [-0.2, 0) is 18.3 Å². The molecule has 7 nitrogen and oxygen atoms in total. The van der Waals surface area contributed by atoms with Crippen molar-refractivity contribution in [1.29, 1.82) is 0 Å². The van der Waals surface area contributed by atoms with Gasteiger partial charge in [0, 0.05) is 31.1 Å². The number of carbonyl (C=O) groups excluding carboxylic acids is 1. The molecule has 176 valence electrons. The van der Waals surface area contributed by atoms with Crippen LogP contribution in [0.3, 0.4) is 0 Å². The second-order valence-corrected chi connectivity index (χ2v) is 10.1. The van der Waals surface area contributed by atoms with Gasteiger partial charge in [0.1, 0.15) is 5.69 Å². The number of piperidine rings is 1. The van der Waals surface area contributed by atoms with Gasteiger partial charge in [-0.2, -0.15) is 0 Å². The zero-order chi connectivity index (χ0) is 23.3. The number of aromatic nitrogens is 1. The summed E-state index contributed by atoms with van der Waals surface area (Å²) in [5, 5.41) is 12.6. The molecular formula is C26H33N3O4. The van der Waals surface area contributed by atoms with Crippen molar-refractivity contribution >= 4 is 5.91 Å². The lowest BCUT2D eigenvalue weighted by atomic mass is 9.49. The van der Waals surface area contributed by atoms with Crippen LogP contribution in [0, 0.1) is 6.92 Å². The molecule has 1 aromatic carbocycles. The molecular weight excluding hydrogens is 418 g/mol. The fraction of sp³-hybridized carbons (Fsp3) is 0.577. The summed E-state index contributed by atoms with van der Waals surface area (Å²) in [4.78, 5) is 21.0. The number of rotatable bonds is 4. The predicted molar refractivity (Wildman–Crippen MR) is 124 cm³/mol. The highest BCUT2D eigenvalue weighted by Crippen LogP contribution is 2.68. The number of benzene rings is 1. The molecule has 4 atom stereocenters. The van der Waals surface area contributed by atoms with E-state index in [2.05, 4.69) is 23.0 Å². The number of aromatic amines is 1. The van der Waals surface area contributed by atoms with Crippen molar-refractivity contribution in [1.82, 2.24) is 14.8 Å². The number of H-pyrrole nitrogens is 1. The van der Waals surface area contributed by atoms with E-state index >= 15 is 0 Å². The summed E-state index contributed by atoms with van der Waals surface area (Å²) in [5.41, 5.74) is 4.35. The van der Waals surface area contributed by atoms with Crippen molar-refractivity contribution in [2.24, 2.45) is 0 Å². The van der Waals surface area contributed by atoms with Gasteiger partial charge in [0.15, 0.2) is 17.6 Å². The maximum absolute atomic E-state index is 13.3. The Morgan fingerprint density at radius 1 is 1.36 bits per heavy atom. The van der Waals surface area contributed by atoms with E-state index in [1.54, 1.807) is 7.11 Å². The van der Waals surface area contributed by atoms with Crippen LogP contribution >= 0.6 is 0 Å². The third-order valence-corrected chi connectivity index (χ3v) is 9.07. The Kier molecular flexibility index (Phi) is 4.31. The molecule has 0 unspecified atom stereocenters. The van der Waals surface area contributed by atoms with Gasteiger partial charge in [-0.1, -0.05) is 6.07 Å². The van der Waals surface area contributed by atoms with Crippen LogP contribution in [0.4, 0.5) is 0 Å². The lowest BCUT2D eigenvalue weighted by Crippen LogP contribution is -2.73. The number of methoxy groups -OCH3 is 1. The van der Waals surface area contributed by atoms with E-state index in [-0.39, 0.29) is 18.1 Å². The molecule has 2 N–H and O–H groups in total. The first-order chi connectivity index (χ1) is 15.8. The average Bonchev–Trinajstić information content (AvgIpc) is 3.31. The van der Waals surface area contributed by atoms with Crippen LogP contribution in [0.2, 0.25) is 0 Å². The van der Waals surface area contributed by atoms with Gasteiger partial charge in [0.2, 0.25) is 0 Å². The summed E-state index contributed by atoms with van der Waals surface area (Å²) in [6.07, 6.45) is 1.72. The first-order valence-electron chi connectivity index (χ1n) is 12.1. The Morgan fingerprint density at radius 3 is 2.82 bits per heavy atom. The van der Waals surface area contributed by atoms with E-state index in [0.717, 1.165) is 47.5 Å². The Labute approximate surface area is 194 Å². The van der Waals surface area contributed by atoms with Crippen LogP contribution in [0.25, 0.3) is 0 Å². The molecule has 2 aromatic rings. The minimum absolute atomic E-state index is 0.00595. The van der Waals surface area contributed by atoms with E-state index < -0.39 is 11.0 Å². The van der Waals surface area contributed by atoms with Crippen LogP contribution in [-0.4, -0.2) is 71.2 Å². The molecule has 1 spiro atoms. The normalized spacial score (nSPS) is 31.0. The Hall–Kier alpha value is -2.51. The number of aliphatic hydroxyl groups is 1. The SMILES string of the molecule is CCN(CC)C(=O)c1[nH]c2c(c1C)C[C@@]1(O)[C@@H]3Cc4ccc(OC)c5c4[C@@]1(CCN3C)[C@H]2O5. The van der Waals surface area contributed by atoms with Crippen LogP contribution in [0.15, 0.2) is 12.1 Å². The number of amides is 1. The highest BCUT2D eigenvalue weighted by Gasteiger charge is 2.72. The number of nitrogens with one attached hydrogen (secondary N) is 1. The van der Waals surface area contributed by atoms with E-state index in [0.29, 0.717) is 31.0 Å². The minimum atomic E-state index is -0.981. The molecule has 1 fully saturated rings. The smallest absolute Gasteiger partial charge is 0.270 e. The van der Waals surface area contributed by atoms with E-state index in [1.165, 1.54) is 5.56 Å². The molecule has 1 saturated heterocycles. The van der Waals surface area contributed by atoms with Crippen molar-refractivity contribution in [3.05, 3.63) is 45.8 Å². The van der Waals surface area contributed by atoms with Gasteiger partial charge in [-0.25, -0.2) is 0 Å². The quantitative estimate of drug-likeness (QED) is 0.748. The number of fused-ring (bicyclic) bond motifs is 2. The summed E-state index contributed by atoms with van der Waals surface area (Å²) in [7, 11) is 3.78. The Morgan fingerprint density at radius 2 is 2.12 bits per heavy atom. The zero-order valence-corrected chi connectivity index (χ0v) is 20.1. The van der Waals surface area contributed by atoms with Crippen molar-refractivity contribution in [2.45, 2.75) is 63.2 Å². The lowest BCUT2D eigenvalue weighted by Gasteiger charge is -2.62. The van der Waals surface area contributed by atoms with Crippen molar-refractivity contribution in [3.63, 3.8) is 0 Å². The van der Waals surface area contributed by atoms with Gasteiger partial charge in [-0.05, 0) is 70.0 Å². The summed E-state index contributed by atoms with van der Waals surface area (Å²) >= 11 is 0. The highest BCUT2D eigenvalue weighted by molar-refractivity contribution is 5.94. The largest absolute Gasteiger partial charge is 0.493 e. The molecule has 2 aliphatic heterocycles. The van der Waals surface area contributed by atoms with Crippen LogP contribution in [0.1, 0.15) is 64.8 Å². The molecule has 7 heteroatoms. The predicted octanol–water partition coefficient (Wildman–Crippen LogP) is 2.73. The first kappa shape index (κ1) is 21.1. The van der Waals surface area contributed by atoms with Gasteiger partial charge < -0.3 is 29.4 Å². The van der Waals surface area contributed by atoms with Crippen LogP contribution < -0.4 is 9.47 Å². The molecule has 1 amide bonds. The molecule has 0 radical (unpaired) electrons. The fourth-order valence-corrected chi connectivity index (χ4v) is 7.35. The molecule has 0 saturated carbocycles. The fourth-order valence-electron chi connectivity index (χ4n) is 7.35. The van der Waals surface area contributed by atoms with Gasteiger partial charge >= 0.3 is 0 Å².